The van der Waals surface area contributed by atoms with E-state index in [4.69, 9.17) is 14.5 Å². The Morgan fingerprint density at radius 1 is 1.36 bits per heavy atom. The summed E-state index contributed by atoms with van der Waals surface area (Å²) >= 11 is 0. The molecule has 7 nitrogen and oxygen atoms in total. The third-order valence-electron chi connectivity index (χ3n) is 5.29. The molecule has 3 heterocycles. The standard InChI is InChI=1S/C20H35N5O2.HI/c1-3-21-20(22-8-4-10-27-19-6-11-26-12-7-19)25-9-5-17(16-25)13-18-14-23-24(2)15-18;/h14-15,17,19H,3-13,16H2,1-2H3,(H,21,22);1H. The van der Waals surface area contributed by atoms with E-state index in [0.717, 1.165) is 77.6 Å². The summed E-state index contributed by atoms with van der Waals surface area (Å²) in [6.07, 6.45) is 9.83. The Bertz CT molecular complexity index is 589. The number of aryl methyl sites for hydroxylation is 1. The van der Waals surface area contributed by atoms with Crippen molar-refractivity contribution in [3.8, 4) is 0 Å². The Hall–Kier alpha value is -0.870. The van der Waals surface area contributed by atoms with E-state index in [0.29, 0.717) is 12.0 Å². The van der Waals surface area contributed by atoms with Crippen LogP contribution in [0.3, 0.4) is 0 Å². The van der Waals surface area contributed by atoms with Gasteiger partial charge in [-0.1, -0.05) is 0 Å². The highest BCUT2D eigenvalue weighted by Gasteiger charge is 2.25. The molecule has 28 heavy (non-hydrogen) atoms. The number of aromatic nitrogens is 2. The van der Waals surface area contributed by atoms with Crippen LogP contribution in [0.5, 0.6) is 0 Å². The number of hydrogen-bond donors (Lipinski definition) is 1. The molecule has 1 unspecified atom stereocenters. The van der Waals surface area contributed by atoms with Crippen molar-refractivity contribution < 1.29 is 9.47 Å². The van der Waals surface area contributed by atoms with Crippen molar-refractivity contribution in [1.82, 2.24) is 20.0 Å². The van der Waals surface area contributed by atoms with Gasteiger partial charge in [-0.15, -0.1) is 24.0 Å². The van der Waals surface area contributed by atoms with Crippen LogP contribution in [-0.4, -0.2) is 72.7 Å². The van der Waals surface area contributed by atoms with Crippen molar-refractivity contribution in [3.63, 3.8) is 0 Å². The minimum atomic E-state index is 0. The molecule has 1 N–H and O–H groups in total. The van der Waals surface area contributed by atoms with Gasteiger partial charge in [0.2, 0.25) is 0 Å². The average molecular weight is 505 g/mol. The third kappa shape index (κ3) is 7.51. The van der Waals surface area contributed by atoms with Crippen molar-refractivity contribution in [2.75, 3.05) is 46.0 Å². The molecule has 2 aliphatic heterocycles. The lowest BCUT2D eigenvalue weighted by atomic mass is 10.0. The van der Waals surface area contributed by atoms with Gasteiger partial charge >= 0.3 is 0 Å². The Balaban J connectivity index is 0.00000280. The highest BCUT2D eigenvalue weighted by atomic mass is 127. The zero-order chi connectivity index (χ0) is 18.9. The summed E-state index contributed by atoms with van der Waals surface area (Å²) in [5.74, 6) is 1.73. The van der Waals surface area contributed by atoms with Gasteiger partial charge in [-0.25, -0.2) is 0 Å². The molecule has 0 bridgehead atoms. The molecule has 0 amide bonds. The molecule has 0 spiro atoms. The normalized spacial score (nSPS) is 21.0. The fourth-order valence-electron chi connectivity index (χ4n) is 3.87. The smallest absolute Gasteiger partial charge is 0.193 e. The van der Waals surface area contributed by atoms with Crippen LogP contribution < -0.4 is 5.32 Å². The van der Waals surface area contributed by atoms with E-state index >= 15 is 0 Å². The quantitative estimate of drug-likeness (QED) is 0.255. The fourth-order valence-corrected chi connectivity index (χ4v) is 3.87. The Morgan fingerprint density at radius 3 is 2.89 bits per heavy atom. The largest absolute Gasteiger partial charge is 0.381 e. The first-order chi connectivity index (χ1) is 13.2. The number of halogens is 1. The number of guanidine groups is 1. The lowest BCUT2D eigenvalue weighted by Gasteiger charge is -2.23. The highest BCUT2D eigenvalue weighted by molar-refractivity contribution is 14.0. The molecule has 8 heteroatoms. The molecular formula is C20H36IN5O2. The summed E-state index contributed by atoms with van der Waals surface area (Å²) < 4.78 is 13.2. The third-order valence-corrected chi connectivity index (χ3v) is 5.29. The molecule has 3 rings (SSSR count). The topological polar surface area (TPSA) is 63.9 Å². The van der Waals surface area contributed by atoms with E-state index in [1.165, 1.54) is 12.0 Å². The molecule has 0 aliphatic carbocycles. The first-order valence-corrected chi connectivity index (χ1v) is 10.4. The Labute approximate surface area is 186 Å². The maximum absolute atomic E-state index is 5.94. The van der Waals surface area contributed by atoms with Crippen LogP contribution >= 0.6 is 24.0 Å². The minimum absolute atomic E-state index is 0. The second kappa shape index (κ2) is 12.6. The van der Waals surface area contributed by atoms with Crippen molar-refractivity contribution in [2.45, 2.75) is 45.1 Å². The van der Waals surface area contributed by atoms with E-state index in [2.05, 4.69) is 28.4 Å². The first kappa shape index (κ1) is 23.4. The maximum atomic E-state index is 5.94. The number of rotatable bonds is 8. The highest BCUT2D eigenvalue weighted by Crippen LogP contribution is 2.20. The van der Waals surface area contributed by atoms with Crippen molar-refractivity contribution in [1.29, 1.82) is 0 Å². The van der Waals surface area contributed by atoms with E-state index < -0.39 is 0 Å². The SMILES string of the molecule is CCNC(=NCCCOC1CCOCC1)N1CCC(Cc2cnn(C)c2)C1.I. The Morgan fingerprint density at radius 2 is 2.18 bits per heavy atom. The van der Waals surface area contributed by atoms with Gasteiger partial charge in [-0.05, 0) is 50.5 Å². The summed E-state index contributed by atoms with van der Waals surface area (Å²) in [4.78, 5) is 7.24. The summed E-state index contributed by atoms with van der Waals surface area (Å²) in [5.41, 5.74) is 1.33. The van der Waals surface area contributed by atoms with Gasteiger partial charge in [0.05, 0.1) is 12.3 Å². The molecule has 0 radical (unpaired) electrons. The van der Waals surface area contributed by atoms with Crippen molar-refractivity contribution >= 4 is 29.9 Å². The van der Waals surface area contributed by atoms with Gasteiger partial charge in [-0.2, -0.15) is 5.10 Å². The number of nitrogens with one attached hydrogen (secondary N) is 1. The van der Waals surface area contributed by atoms with Crippen LogP contribution in [-0.2, 0) is 22.9 Å². The van der Waals surface area contributed by atoms with Crippen molar-refractivity contribution in [2.24, 2.45) is 18.0 Å². The van der Waals surface area contributed by atoms with E-state index in [1.54, 1.807) is 0 Å². The second-order valence-corrected chi connectivity index (χ2v) is 7.60. The molecule has 2 fully saturated rings. The zero-order valence-electron chi connectivity index (χ0n) is 17.3. The molecule has 160 valence electrons. The summed E-state index contributed by atoms with van der Waals surface area (Å²) in [6.45, 7) is 8.46. The Kier molecular flexibility index (Phi) is 10.6. The minimum Gasteiger partial charge on any atom is -0.381 e. The number of aliphatic imine (C=N–C) groups is 1. The van der Waals surface area contributed by atoms with Gasteiger partial charge in [0.15, 0.2) is 5.96 Å². The van der Waals surface area contributed by atoms with E-state index in [-0.39, 0.29) is 24.0 Å². The van der Waals surface area contributed by atoms with Crippen molar-refractivity contribution in [3.05, 3.63) is 18.0 Å². The fraction of sp³-hybridized carbons (Fsp3) is 0.800. The molecule has 1 atom stereocenters. The summed E-state index contributed by atoms with van der Waals surface area (Å²) in [7, 11) is 1.98. The molecule has 1 aromatic heterocycles. The van der Waals surface area contributed by atoms with Crippen LogP contribution in [0.2, 0.25) is 0 Å². The monoisotopic (exact) mass is 505 g/mol. The van der Waals surface area contributed by atoms with Crippen LogP contribution in [0.1, 0.15) is 38.2 Å². The molecule has 0 saturated carbocycles. The predicted octanol–water partition coefficient (Wildman–Crippen LogP) is 2.45. The summed E-state index contributed by atoms with van der Waals surface area (Å²) in [6, 6.07) is 0. The van der Waals surface area contributed by atoms with Gasteiger partial charge < -0.3 is 19.7 Å². The predicted molar refractivity (Wildman–Crippen MR) is 122 cm³/mol. The molecule has 2 aliphatic rings. The van der Waals surface area contributed by atoms with Gasteiger partial charge in [0.25, 0.3) is 0 Å². The van der Waals surface area contributed by atoms with E-state index in [9.17, 15) is 0 Å². The number of likely N-dealkylation sites (tertiary alicyclic amines) is 1. The lowest BCUT2D eigenvalue weighted by Crippen LogP contribution is -2.40. The molecular weight excluding hydrogens is 469 g/mol. The van der Waals surface area contributed by atoms with E-state index in [1.807, 2.05) is 17.9 Å². The molecule has 2 saturated heterocycles. The number of hydrogen-bond acceptors (Lipinski definition) is 4. The lowest BCUT2D eigenvalue weighted by molar-refractivity contribution is -0.0318. The average Bonchev–Trinajstić information content (AvgIpc) is 3.31. The molecule has 0 aromatic carbocycles. The van der Waals surface area contributed by atoms with Crippen LogP contribution in [0.25, 0.3) is 0 Å². The zero-order valence-corrected chi connectivity index (χ0v) is 19.6. The maximum Gasteiger partial charge on any atom is 0.193 e. The number of ether oxygens (including phenoxy) is 2. The van der Waals surface area contributed by atoms with Gasteiger partial charge in [0, 0.05) is 59.2 Å². The first-order valence-electron chi connectivity index (χ1n) is 10.4. The van der Waals surface area contributed by atoms with Crippen LogP contribution in [0.15, 0.2) is 17.4 Å². The summed E-state index contributed by atoms with van der Waals surface area (Å²) in [5, 5.41) is 7.74. The molecule has 1 aromatic rings. The van der Waals surface area contributed by atoms with Crippen LogP contribution in [0.4, 0.5) is 0 Å². The van der Waals surface area contributed by atoms with Crippen LogP contribution in [0, 0.1) is 5.92 Å². The second-order valence-electron chi connectivity index (χ2n) is 7.60. The number of nitrogens with zero attached hydrogens (tertiary/aromatic N) is 4. The van der Waals surface area contributed by atoms with Gasteiger partial charge in [0.1, 0.15) is 0 Å². The van der Waals surface area contributed by atoms with Gasteiger partial charge in [-0.3, -0.25) is 9.67 Å².